The summed E-state index contributed by atoms with van der Waals surface area (Å²) in [6, 6.07) is 15.4. The molecule has 0 fully saturated rings. The van der Waals surface area contributed by atoms with E-state index >= 15 is 0 Å². The molecule has 45 heavy (non-hydrogen) atoms. The van der Waals surface area contributed by atoms with Gasteiger partial charge in [-0.1, -0.05) is 31.5 Å². The van der Waals surface area contributed by atoms with Crippen molar-refractivity contribution in [2.24, 2.45) is 0 Å². The van der Waals surface area contributed by atoms with Gasteiger partial charge in [0, 0.05) is 41.7 Å². The van der Waals surface area contributed by atoms with Crippen LogP contribution in [0.15, 0.2) is 66.4 Å². The van der Waals surface area contributed by atoms with Crippen molar-refractivity contribution in [3.63, 3.8) is 0 Å². The summed E-state index contributed by atoms with van der Waals surface area (Å²) in [5.41, 5.74) is 2.49. The van der Waals surface area contributed by atoms with Crippen LogP contribution in [-0.2, 0) is 24.2 Å². The van der Waals surface area contributed by atoms with Gasteiger partial charge in [0.1, 0.15) is 29.7 Å². The van der Waals surface area contributed by atoms with Gasteiger partial charge in [-0.25, -0.2) is 14.6 Å². The number of aryl methyl sites for hydroxylation is 1. The molecule has 11 nitrogen and oxygen atoms in total. The predicted molar refractivity (Wildman–Crippen MR) is 165 cm³/mol. The van der Waals surface area contributed by atoms with Crippen molar-refractivity contribution in [2.45, 2.75) is 39.2 Å². The van der Waals surface area contributed by atoms with Crippen LogP contribution in [0.5, 0.6) is 28.7 Å². The summed E-state index contributed by atoms with van der Waals surface area (Å²) in [6.07, 6.45) is 5.69. The van der Waals surface area contributed by atoms with E-state index in [-0.39, 0.29) is 31.0 Å². The van der Waals surface area contributed by atoms with E-state index in [1.54, 1.807) is 61.8 Å². The number of hydrogen-bond acceptors (Lipinski definition) is 8. The quantitative estimate of drug-likeness (QED) is 0.164. The van der Waals surface area contributed by atoms with Crippen molar-refractivity contribution < 1.29 is 43.5 Å². The van der Waals surface area contributed by atoms with Crippen LogP contribution in [0.2, 0.25) is 0 Å². The Morgan fingerprint density at radius 2 is 1.76 bits per heavy atom. The Labute approximate surface area is 260 Å². The number of fused-ring (bicyclic) bond motifs is 1. The zero-order valence-electron chi connectivity index (χ0n) is 25.2. The molecule has 2 heterocycles. The molecule has 0 saturated carbocycles. The van der Waals surface area contributed by atoms with Gasteiger partial charge < -0.3 is 33.9 Å². The largest absolute Gasteiger partial charge is 0.497 e. The number of aromatic nitrogens is 2. The van der Waals surface area contributed by atoms with E-state index < -0.39 is 11.9 Å². The van der Waals surface area contributed by atoms with E-state index in [2.05, 4.69) is 11.9 Å². The van der Waals surface area contributed by atoms with E-state index in [4.69, 9.17) is 23.7 Å². The van der Waals surface area contributed by atoms with E-state index in [1.807, 2.05) is 10.6 Å². The number of unbranched alkanes of at least 4 members (excludes halogenated alkanes) is 1. The molecule has 0 aliphatic carbocycles. The number of ether oxygens (including phenoxy) is 5. The molecule has 0 bridgehead atoms. The maximum absolute atomic E-state index is 12.6. The first-order valence-corrected chi connectivity index (χ1v) is 14.4. The second-order valence-electron chi connectivity index (χ2n) is 10.3. The molecule has 2 N–H and O–H groups in total. The number of benzene rings is 3. The van der Waals surface area contributed by atoms with E-state index in [1.165, 1.54) is 13.2 Å². The molecule has 1 aliphatic heterocycles. The van der Waals surface area contributed by atoms with Crippen LogP contribution in [-0.4, -0.2) is 52.7 Å². The van der Waals surface area contributed by atoms with Gasteiger partial charge in [0.25, 0.3) is 0 Å². The Morgan fingerprint density at radius 1 is 0.978 bits per heavy atom. The topological polar surface area (TPSA) is 139 Å². The fourth-order valence-corrected chi connectivity index (χ4v) is 5.09. The minimum Gasteiger partial charge on any atom is -0.497 e. The molecule has 0 saturated heterocycles. The van der Waals surface area contributed by atoms with Gasteiger partial charge in [-0.15, -0.1) is 0 Å². The Bertz CT molecular complexity index is 1740. The Kier molecular flexibility index (Phi) is 9.57. The van der Waals surface area contributed by atoms with Crippen molar-refractivity contribution in [1.29, 1.82) is 0 Å². The van der Waals surface area contributed by atoms with Crippen LogP contribution < -0.4 is 23.7 Å². The lowest BCUT2D eigenvalue weighted by molar-refractivity contribution is -0.132. The lowest BCUT2D eigenvalue weighted by Crippen LogP contribution is -2.10. The minimum absolute atomic E-state index is 0.0168. The molecule has 1 aliphatic rings. The second kappa shape index (κ2) is 13.9. The standard InChI is InChI=1S/C34H34N2O9/c1-4-5-10-32-35-18-24(14-23(33(37)38)13-22-15-30-31(45-20-44-30)17-28(22)42-3)36(32)27-12-11-25(41-2)16-29(27)43-19-21-8-6-7-9-26(21)34(39)40/h6-9,11-12,14-18H,4-5,10,13,19-20H2,1-3H3,(H,37,38)(H,39,40)/b23-14-. The third kappa shape index (κ3) is 6.87. The highest BCUT2D eigenvalue weighted by Crippen LogP contribution is 2.39. The van der Waals surface area contributed by atoms with E-state index in [9.17, 15) is 19.8 Å². The third-order valence-corrected chi connectivity index (χ3v) is 7.41. The van der Waals surface area contributed by atoms with E-state index in [0.717, 1.165) is 18.7 Å². The molecular formula is C34H34N2O9. The van der Waals surface area contributed by atoms with Crippen molar-refractivity contribution in [3.05, 3.63) is 94.6 Å². The molecule has 0 amide bonds. The van der Waals surface area contributed by atoms with Crippen LogP contribution in [0.25, 0.3) is 11.8 Å². The van der Waals surface area contributed by atoms with Crippen molar-refractivity contribution >= 4 is 18.0 Å². The van der Waals surface area contributed by atoms with Crippen LogP contribution >= 0.6 is 0 Å². The number of carbonyl (C=O) groups is 2. The monoisotopic (exact) mass is 614 g/mol. The zero-order chi connectivity index (χ0) is 31.9. The number of aliphatic carboxylic acids is 1. The highest BCUT2D eigenvalue weighted by molar-refractivity contribution is 5.93. The van der Waals surface area contributed by atoms with Gasteiger partial charge in [0.15, 0.2) is 11.5 Å². The van der Waals surface area contributed by atoms with Crippen LogP contribution in [0.4, 0.5) is 0 Å². The summed E-state index contributed by atoms with van der Waals surface area (Å²) in [5.74, 6) is 1.05. The molecule has 3 aromatic carbocycles. The summed E-state index contributed by atoms with van der Waals surface area (Å²) < 4.78 is 30.1. The van der Waals surface area contributed by atoms with Crippen molar-refractivity contribution in [2.75, 3.05) is 21.0 Å². The molecule has 0 unspecified atom stereocenters. The fourth-order valence-electron chi connectivity index (χ4n) is 5.09. The number of carboxylic acid groups (broad SMARTS) is 2. The Balaban J connectivity index is 1.58. The average molecular weight is 615 g/mol. The highest BCUT2D eigenvalue weighted by Gasteiger charge is 2.22. The molecule has 1 aromatic heterocycles. The van der Waals surface area contributed by atoms with Gasteiger partial charge in [-0.2, -0.15) is 0 Å². The average Bonchev–Trinajstić information content (AvgIpc) is 3.68. The lowest BCUT2D eigenvalue weighted by Gasteiger charge is -2.18. The highest BCUT2D eigenvalue weighted by atomic mass is 16.7. The summed E-state index contributed by atoms with van der Waals surface area (Å²) in [6.45, 7) is 2.14. The first-order valence-electron chi connectivity index (χ1n) is 14.4. The van der Waals surface area contributed by atoms with Gasteiger partial charge in [-0.3, -0.25) is 4.57 Å². The van der Waals surface area contributed by atoms with Crippen LogP contribution in [0.1, 0.15) is 52.8 Å². The van der Waals surface area contributed by atoms with Gasteiger partial charge in [-0.05, 0) is 36.8 Å². The van der Waals surface area contributed by atoms with Crippen molar-refractivity contribution in [1.82, 2.24) is 9.55 Å². The molecule has 0 radical (unpaired) electrons. The summed E-state index contributed by atoms with van der Waals surface area (Å²) >= 11 is 0. The molecule has 11 heteroatoms. The maximum Gasteiger partial charge on any atom is 0.336 e. The molecular weight excluding hydrogens is 580 g/mol. The number of carboxylic acids is 2. The molecule has 5 rings (SSSR count). The molecule has 0 spiro atoms. The molecule has 0 atom stereocenters. The third-order valence-electron chi connectivity index (χ3n) is 7.41. The normalized spacial score (nSPS) is 12.2. The number of hydrogen-bond donors (Lipinski definition) is 2. The molecule has 234 valence electrons. The van der Waals surface area contributed by atoms with Gasteiger partial charge in [0.2, 0.25) is 6.79 Å². The van der Waals surface area contributed by atoms with Crippen LogP contribution in [0, 0.1) is 0 Å². The lowest BCUT2D eigenvalue weighted by atomic mass is 10.0. The maximum atomic E-state index is 12.6. The van der Waals surface area contributed by atoms with E-state index in [0.29, 0.717) is 57.7 Å². The Morgan fingerprint density at radius 3 is 2.47 bits per heavy atom. The smallest absolute Gasteiger partial charge is 0.336 e. The SMILES string of the molecule is CCCCc1ncc(/C=C(/Cc2cc3c(cc2OC)OCO3)C(=O)O)n1-c1ccc(OC)cc1OCc1ccccc1C(=O)O. The number of aromatic carboxylic acids is 1. The Hall–Kier alpha value is -5.45. The number of nitrogens with zero attached hydrogens (tertiary/aromatic N) is 2. The van der Waals surface area contributed by atoms with Crippen molar-refractivity contribution in [3.8, 4) is 34.4 Å². The summed E-state index contributed by atoms with van der Waals surface area (Å²) in [4.78, 5) is 29.0. The number of methoxy groups -OCH3 is 2. The minimum atomic E-state index is -1.10. The van der Waals surface area contributed by atoms with Gasteiger partial charge in [0.05, 0.1) is 37.4 Å². The summed E-state index contributed by atoms with van der Waals surface area (Å²) in [7, 11) is 3.06. The number of imidazole rings is 1. The first-order chi connectivity index (χ1) is 21.8. The first kappa shape index (κ1) is 31.0. The summed E-state index contributed by atoms with van der Waals surface area (Å²) in [5, 5.41) is 19.9. The van der Waals surface area contributed by atoms with Crippen LogP contribution in [0.3, 0.4) is 0 Å². The fraction of sp³-hybridized carbons (Fsp3) is 0.265. The van der Waals surface area contributed by atoms with Gasteiger partial charge >= 0.3 is 11.9 Å². The zero-order valence-corrected chi connectivity index (χ0v) is 25.2. The number of rotatable bonds is 14. The predicted octanol–water partition coefficient (Wildman–Crippen LogP) is 5.95. The molecule has 4 aromatic rings. The second-order valence-corrected chi connectivity index (χ2v) is 10.3.